The van der Waals surface area contributed by atoms with Gasteiger partial charge in [-0.25, -0.2) is 0 Å². The quantitative estimate of drug-likeness (QED) is 0.745. The van der Waals surface area contributed by atoms with Gasteiger partial charge in [0, 0.05) is 10.9 Å². The van der Waals surface area contributed by atoms with E-state index < -0.39 is 0 Å². The Morgan fingerprint density at radius 1 is 1.12 bits per heavy atom. The van der Waals surface area contributed by atoms with E-state index in [2.05, 4.69) is 17.3 Å². The SMILES string of the molecule is Clc1ccc(C2=NO[C@H]3[C@@H]4CC[C@@H](C4)[C@@H]23)cc1. The van der Waals surface area contributed by atoms with Crippen LogP contribution in [0.1, 0.15) is 24.8 Å². The molecule has 2 nitrogen and oxygen atoms in total. The third-order valence-corrected chi connectivity index (χ3v) is 4.82. The molecule has 1 heterocycles. The maximum Gasteiger partial charge on any atom is 0.139 e. The molecule has 1 aromatic carbocycles. The minimum Gasteiger partial charge on any atom is -0.391 e. The number of fused-ring (bicyclic) bond motifs is 5. The van der Waals surface area contributed by atoms with E-state index in [9.17, 15) is 0 Å². The van der Waals surface area contributed by atoms with Gasteiger partial charge in [-0.15, -0.1) is 0 Å². The van der Waals surface area contributed by atoms with Crippen LogP contribution in [-0.2, 0) is 4.84 Å². The maximum absolute atomic E-state index is 5.92. The summed E-state index contributed by atoms with van der Waals surface area (Å²) in [5.41, 5.74) is 2.33. The molecule has 0 spiro atoms. The van der Waals surface area contributed by atoms with Gasteiger partial charge >= 0.3 is 0 Å². The summed E-state index contributed by atoms with van der Waals surface area (Å²) in [6.45, 7) is 0. The Kier molecular flexibility index (Phi) is 2.04. The summed E-state index contributed by atoms with van der Waals surface area (Å²) in [7, 11) is 0. The molecule has 3 aliphatic rings. The monoisotopic (exact) mass is 247 g/mol. The van der Waals surface area contributed by atoms with Crippen LogP contribution in [0.15, 0.2) is 29.4 Å². The summed E-state index contributed by atoms with van der Waals surface area (Å²) in [5, 5.41) is 5.11. The van der Waals surface area contributed by atoms with Crippen LogP contribution < -0.4 is 0 Å². The first kappa shape index (κ1) is 9.95. The average Bonchev–Trinajstić information content (AvgIpc) is 3.02. The van der Waals surface area contributed by atoms with Gasteiger partial charge < -0.3 is 4.84 Å². The lowest BCUT2D eigenvalue weighted by Crippen LogP contribution is -2.29. The lowest BCUT2D eigenvalue weighted by atomic mass is 9.81. The minimum atomic E-state index is 0.361. The fraction of sp³-hybridized carbons (Fsp3) is 0.500. The molecule has 0 amide bonds. The van der Waals surface area contributed by atoms with E-state index in [1.165, 1.54) is 24.8 Å². The van der Waals surface area contributed by atoms with Crippen molar-refractivity contribution in [1.29, 1.82) is 0 Å². The Morgan fingerprint density at radius 3 is 2.71 bits per heavy atom. The molecule has 88 valence electrons. The zero-order valence-corrected chi connectivity index (χ0v) is 10.2. The van der Waals surface area contributed by atoms with Gasteiger partial charge in [0.05, 0.1) is 5.71 Å². The molecule has 1 aliphatic heterocycles. The van der Waals surface area contributed by atoms with Gasteiger partial charge in [0.25, 0.3) is 0 Å². The molecule has 0 aromatic heterocycles. The van der Waals surface area contributed by atoms with Crippen molar-refractivity contribution < 1.29 is 4.84 Å². The molecule has 2 bridgehead atoms. The predicted octanol–water partition coefficient (Wildman–Crippen LogP) is 3.49. The molecule has 0 unspecified atom stereocenters. The Morgan fingerprint density at radius 2 is 1.88 bits per heavy atom. The Labute approximate surface area is 106 Å². The molecule has 0 radical (unpaired) electrons. The lowest BCUT2D eigenvalue weighted by Gasteiger charge is -2.23. The molecule has 3 heteroatoms. The predicted molar refractivity (Wildman–Crippen MR) is 67.2 cm³/mol. The van der Waals surface area contributed by atoms with Crippen molar-refractivity contribution in [2.45, 2.75) is 25.4 Å². The Balaban J connectivity index is 1.69. The van der Waals surface area contributed by atoms with Crippen LogP contribution in [0.5, 0.6) is 0 Å². The van der Waals surface area contributed by atoms with Crippen molar-refractivity contribution in [3.8, 4) is 0 Å². The third-order valence-electron chi connectivity index (χ3n) is 4.57. The number of nitrogens with zero attached hydrogens (tertiary/aromatic N) is 1. The van der Waals surface area contributed by atoms with Gasteiger partial charge in [-0.2, -0.15) is 0 Å². The topological polar surface area (TPSA) is 21.6 Å². The van der Waals surface area contributed by atoms with E-state index in [0.29, 0.717) is 12.0 Å². The third kappa shape index (κ3) is 1.37. The molecule has 0 N–H and O–H groups in total. The Hall–Kier alpha value is -1.02. The molecule has 1 aromatic rings. The standard InChI is InChI=1S/C14H14ClNO/c15-11-5-3-8(4-6-11)13-12-9-1-2-10(7-9)14(12)17-16-13/h3-6,9-10,12,14H,1-2,7H2/t9-,10+,12-,14-/m0/s1. The first-order chi connectivity index (χ1) is 8.33. The lowest BCUT2D eigenvalue weighted by molar-refractivity contribution is 0.0275. The zero-order valence-electron chi connectivity index (χ0n) is 9.47. The highest BCUT2D eigenvalue weighted by atomic mass is 35.5. The molecule has 4 rings (SSSR count). The van der Waals surface area contributed by atoms with E-state index in [-0.39, 0.29) is 0 Å². The van der Waals surface area contributed by atoms with E-state index in [1.807, 2.05) is 12.1 Å². The van der Waals surface area contributed by atoms with Crippen molar-refractivity contribution >= 4 is 17.3 Å². The van der Waals surface area contributed by atoms with Gasteiger partial charge in [0.2, 0.25) is 0 Å². The molecule has 17 heavy (non-hydrogen) atoms. The number of benzene rings is 1. The molecule has 2 fully saturated rings. The molecule has 0 saturated heterocycles. The van der Waals surface area contributed by atoms with E-state index in [1.54, 1.807) is 0 Å². The number of hydrogen-bond donors (Lipinski definition) is 0. The summed E-state index contributed by atoms with van der Waals surface area (Å²) in [4.78, 5) is 5.66. The molecule has 2 aliphatic carbocycles. The first-order valence-electron chi connectivity index (χ1n) is 6.32. The summed E-state index contributed by atoms with van der Waals surface area (Å²) < 4.78 is 0. The van der Waals surface area contributed by atoms with Crippen LogP contribution in [0.2, 0.25) is 5.02 Å². The second-order valence-electron chi connectivity index (χ2n) is 5.41. The van der Waals surface area contributed by atoms with Crippen molar-refractivity contribution in [2.75, 3.05) is 0 Å². The van der Waals surface area contributed by atoms with Crippen LogP contribution in [0.3, 0.4) is 0 Å². The number of halogens is 1. The smallest absolute Gasteiger partial charge is 0.139 e. The van der Waals surface area contributed by atoms with Crippen molar-refractivity contribution in [3.05, 3.63) is 34.9 Å². The second kappa shape index (κ2) is 3.49. The van der Waals surface area contributed by atoms with Gasteiger partial charge in [-0.3, -0.25) is 0 Å². The fourth-order valence-electron chi connectivity index (χ4n) is 3.81. The van der Waals surface area contributed by atoms with E-state index in [4.69, 9.17) is 16.4 Å². The van der Waals surface area contributed by atoms with Gasteiger partial charge in [0.1, 0.15) is 6.10 Å². The summed E-state index contributed by atoms with van der Waals surface area (Å²) in [6, 6.07) is 7.97. The highest BCUT2D eigenvalue weighted by molar-refractivity contribution is 6.30. The van der Waals surface area contributed by atoms with Crippen LogP contribution >= 0.6 is 11.6 Å². The maximum atomic E-state index is 5.92. The summed E-state index contributed by atoms with van der Waals surface area (Å²) >= 11 is 5.92. The van der Waals surface area contributed by atoms with E-state index in [0.717, 1.165) is 22.6 Å². The Bertz CT molecular complexity index is 482. The van der Waals surface area contributed by atoms with Gasteiger partial charge in [-0.05, 0) is 48.8 Å². The van der Waals surface area contributed by atoms with Crippen molar-refractivity contribution in [3.63, 3.8) is 0 Å². The highest BCUT2D eigenvalue weighted by Gasteiger charge is 2.54. The van der Waals surface area contributed by atoms with Gasteiger partial charge in [0.15, 0.2) is 0 Å². The highest BCUT2D eigenvalue weighted by Crippen LogP contribution is 2.53. The minimum absolute atomic E-state index is 0.361. The molecule has 2 saturated carbocycles. The number of oxime groups is 1. The number of rotatable bonds is 1. The largest absolute Gasteiger partial charge is 0.391 e. The fourth-order valence-corrected chi connectivity index (χ4v) is 3.94. The first-order valence-corrected chi connectivity index (χ1v) is 6.70. The average molecular weight is 248 g/mol. The van der Waals surface area contributed by atoms with Crippen LogP contribution in [0.4, 0.5) is 0 Å². The summed E-state index contributed by atoms with van der Waals surface area (Å²) in [5.74, 6) is 2.08. The summed E-state index contributed by atoms with van der Waals surface area (Å²) in [6.07, 6.45) is 4.37. The number of hydrogen-bond acceptors (Lipinski definition) is 2. The normalized spacial score (nSPS) is 37.8. The molecular weight excluding hydrogens is 234 g/mol. The van der Waals surface area contributed by atoms with Crippen molar-refractivity contribution in [2.24, 2.45) is 22.9 Å². The van der Waals surface area contributed by atoms with E-state index >= 15 is 0 Å². The molecular formula is C14H14ClNO. The zero-order chi connectivity index (χ0) is 11.4. The van der Waals surface area contributed by atoms with Crippen LogP contribution in [0.25, 0.3) is 0 Å². The molecule has 4 atom stereocenters. The second-order valence-corrected chi connectivity index (χ2v) is 5.85. The van der Waals surface area contributed by atoms with Crippen molar-refractivity contribution in [1.82, 2.24) is 0 Å². The van der Waals surface area contributed by atoms with Crippen LogP contribution in [0, 0.1) is 17.8 Å². The van der Waals surface area contributed by atoms with Crippen LogP contribution in [-0.4, -0.2) is 11.8 Å². The van der Waals surface area contributed by atoms with Gasteiger partial charge in [-0.1, -0.05) is 28.9 Å².